The second-order valence-electron chi connectivity index (χ2n) is 6.85. The van der Waals surface area contributed by atoms with E-state index in [-0.39, 0.29) is 23.8 Å². The van der Waals surface area contributed by atoms with Crippen LogP contribution in [-0.4, -0.2) is 62.2 Å². The van der Waals surface area contributed by atoms with Crippen molar-refractivity contribution in [2.24, 2.45) is 0 Å². The number of methoxy groups -OCH3 is 1. The second kappa shape index (κ2) is 9.93. The highest BCUT2D eigenvalue weighted by Crippen LogP contribution is 2.30. The van der Waals surface area contributed by atoms with Gasteiger partial charge in [-0.3, -0.25) is 19.8 Å². The number of ether oxygens (including phenoxy) is 2. The van der Waals surface area contributed by atoms with Gasteiger partial charge in [0.2, 0.25) is 5.91 Å². The summed E-state index contributed by atoms with van der Waals surface area (Å²) in [4.78, 5) is 27.5. The Labute approximate surface area is 175 Å². The van der Waals surface area contributed by atoms with Gasteiger partial charge in [0.1, 0.15) is 17.2 Å². The molecule has 1 N–H and O–H groups in total. The number of piperazine rings is 1. The smallest absolute Gasteiger partial charge is 0.296 e. The number of carbonyl (C=O) groups is 1. The van der Waals surface area contributed by atoms with Crippen molar-refractivity contribution in [2.75, 3.05) is 56.7 Å². The lowest BCUT2D eigenvalue weighted by atomic mass is 10.2. The molecule has 2 aromatic rings. The van der Waals surface area contributed by atoms with Gasteiger partial charge >= 0.3 is 0 Å². The fourth-order valence-corrected chi connectivity index (χ4v) is 3.43. The predicted molar refractivity (Wildman–Crippen MR) is 115 cm³/mol. The molecule has 1 heterocycles. The average Bonchev–Trinajstić information content (AvgIpc) is 2.75. The van der Waals surface area contributed by atoms with E-state index in [0.29, 0.717) is 25.4 Å². The van der Waals surface area contributed by atoms with Gasteiger partial charge in [-0.2, -0.15) is 0 Å². The van der Waals surface area contributed by atoms with Gasteiger partial charge < -0.3 is 19.7 Å². The molecule has 0 saturated carbocycles. The first-order valence-electron chi connectivity index (χ1n) is 9.83. The fourth-order valence-electron chi connectivity index (χ4n) is 3.43. The summed E-state index contributed by atoms with van der Waals surface area (Å²) in [7, 11) is 1.43. The monoisotopic (exact) mass is 414 g/mol. The number of para-hydroxylation sites is 2. The standard InChI is InChI=1S/C21H26N4O5/c1-3-30-20-7-5-4-6-18(20)24-12-10-23(11-13-24)15-21(26)22-17-9-8-16(29-2)14-19(17)25(27)28/h4-9,14H,3,10-13,15H2,1-2H3,(H,22,26). The first-order chi connectivity index (χ1) is 14.5. The van der Waals surface area contributed by atoms with Gasteiger partial charge in [0.15, 0.2) is 0 Å². The van der Waals surface area contributed by atoms with Crippen LogP contribution in [0.15, 0.2) is 42.5 Å². The molecule has 1 aliphatic rings. The Morgan fingerprint density at radius 2 is 1.90 bits per heavy atom. The summed E-state index contributed by atoms with van der Waals surface area (Å²) in [6, 6.07) is 12.3. The van der Waals surface area contributed by atoms with Crippen molar-refractivity contribution in [3.05, 3.63) is 52.6 Å². The van der Waals surface area contributed by atoms with E-state index in [1.807, 2.05) is 36.1 Å². The molecule has 0 aromatic heterocycles. The summed E-state index contributed by atoms with van der Waals surface area (Å²) in [5.41, 5.74) is 1.02. The molecule has 1 saturated heterocycles. The van der Waals surface area contributed by atoms with Gasteiger partial charge in [-0.1, -0.05) is 12.1 Å². The van der Waals surface area contributed by atoms with Crippen LogP contribution in [0.2, 0.25) is 0 Å². The molecule has 0 radical (unpaired) electrons. The zero-order chi connectivity index (χ0) is 21.5. The van der Waals surface area contributed by atoms with Crippen LogP contribution in [0.5, 0.6) is 11.5 Å². The van der Waals surface area contributed by atoms with Crippen LogP contribution < -0.4 is 19.7 Å². The van der Waals surface area contributed by atoms with Gasteiger partial charge in [0, 0.05) is 26.2 Å². The number of nitrogens with one attached hydrogen (secondary N) is 1. The number of hydrogen-bond acceptors (Lipinski definition) is 7. The van der Waals surface area contributed by atoms with E-state index in [0.717, 1.165) is 24.5 Å². The van der Waals surface area contributed by atoms with Crippen molar-refractivity contribution in [3.63, 3.8) is 0 Å². The van der Waals surface area contributed by atoms with E-state index in [1.54, 1.807) is 6.07 Å². The Kier molecular flexibility index (Phi) is 7.08. The molecule has 0 atom stereocenters. The Morgan fingerprint density at radius 1 is 1.17 bits per heavy atom. The third-order valence-corrected chi connectivity index (χ3v) is 4.92. The number of amides is 1. The molecule has 9 nitrogen and oxygen atoms in total. The van der Waals surface area contributed by atoms with E-state index < -0.39 is 4.92 Å². The number of anilines is 2. The van der Waals surface area contributed by atoms with Crippen molar-refractivity contribution in [3.8, 4) is 11.5 Å². The van der Waals surface area contributed by atoms with Crippen LogP contribution in [0.1, 0.15) is 6.92 Å². The van der Waals surface area contributed by atoms with E-state index in [1.165, 1.54) is 19.2 Å². The van der Waals surface area contributed by atoms with Crippen LogP contribution in [0.25, 0.3) is 0 Å². The molecule has 3 rings (SSSR count). The highest BCUT2D eigenvalue weighted by Gasteiger charge is 2.23. The molecule has 1 aliphatic heterocycles. The van der Waals surface area contributed by atoms with Gasteiger partial charge in [-0.15, -0.1) is 0 Å². The minimum Gasteiger partial charge on any atom is -0.496 e. The van der Waals surface area contributed by atoms with Crippen molar-refractivity contribution in [2.45, 2.75) is 6.92 Å². The Balaban J connectivity index is 1.57. The minimum absolute atomic E-state index is 0.162. The normalized spacial score (nSPS) is 14.3. The molecule has 30 heavy (non-hydrogen) atoms. The zero-order valence-electron chi connectivity index (χ0n) is 17.2. The van der Waals surface area contributed by atoms with Gasteiger partial charge in [0.25, 0.3) is 5.69 Å². The number of hydrogen-bond donors (Lipinski definition) is 1. The Bertz CT molecular complexity index is 897. The van der Waals surface area contributed by atoms with E-state index in [4.69, 9.17) is 9.47 Å². The molecule has 0 spiro atoms. The molecule has 9 heteroatoms. The number of nitro groups is 1. The summed E-state index contributed by atoms with van der Waals surface area (Å²) in [5, 5.41) is 13.9. The lowest BCUT2D eigenvalue weighted by Gasteiger charge is -2.36. The van der Waals surface area contributed by atoms with Crippen molar-refractivity contribution < 1.29 is 19.2 Å². The number of nitrogens with zero attached hydrogens (tertiary/aromatic N) is 3. The summed E-state index contributed by atoms with van der Waals surface area (Å²) in [5.74, 6) is 0.938. The zero-order valence-corrected chi connectivity index (χ0v) is 17.2. The molecule has 160 valence electrons. The molecule has 0 bridgehead atoms. The largest absolute Gasteiger partial charge is 0.496 e. The van der Waals surface area contributed by atoms with Crippen LogP contribution >= 0.6 is 0 Å². The molecular formula is C21H26N4O5. The number of carbonyl (C=O) groups excluding carboxylic acids is 1. The Hall–Kier alpha value is -3.33. The van der Waals surface area contributed by atoms with Crippen LogP contribution in [0.4, 0.5) is 17.1 Å². The topological polar surface area (TPSA) is 97.2 Å². The molecule has 1 fully saturated rings. The number of nitro benzene ring substituents is 1. The van der Waals surface area contributed by atoms with Gasteiger partial charge in [-0.05, 0) is 31.2 Å². The third-order valence-electron chi connectivity index (χ3n) is 4.92. The quantitative estimate of drug-likeness (QED) is 0.524. The molecular weight excluding hydrogens is 388 g/mol. The third kappa shape index (κ3) is 5.18. The van der Waals surface area contributed by atoms with Crippen molar-refractivity contribution in [1.82, 2.24) is 4.90 Å². The lowest BCUT2D eigenvalue weighted by molar-refractivity contribution is -0.384. The summed E-state index contributed by atoms with van der Waals surface area (Å²) >= 11 is 0. The number of rotatable bonds is 8. The summed E-state index contributed by atoms with van der Waals surface area (Å²) in [6.45, 7) is 5.68. The first kappa shape index (κ1) is 21.4. The SMILES string of the molecule is CCOc1ccccc1N1CCN(CC(=O)Nc2ccc(OC)cc2[N+](=O)[O-])CC1. The second-order valence-corrected chi connectivity index (χ2v) is 6.85. The van der Waals surface area contributed by atoms with Crippen LogP contribution in [-0.2, 0) is 4.79 Å². The van der Waals surface area contributed by atoms with Crippen molar-refractivity contribution >= 4 is 23.0 Å². The molecule has 2 aromatic carbocycles. The van der Waals surface area contributed by atoms with Crippen molar-refractivity contribution in [1.29, 1.82) is 0 Å². The van der Waals surface area contributed by atoms with Crippen LogP contribution in [0.3, 0.4) is 0 Å². The first-order valence-corrected chi connectivity index (χ1v) is 9.83. The van der Waals surface area contributed by atoms with Crippen LogP contribution in [0, 0.1) is 10.1 Å². The van der Waals surface area contributed by atoms with Gasteiger partial charge in [-0.25, -0.2) is 0 Å². The van der Waals surface area contributed by atoms with E-state index in [9.17, 15) is 14.9 Å². The molecule has 0 aliphatic carbocycles. The predicted octanol–water partition coefficient (Wildman–Crippen LogP) is 2.76. The maximum absolute atomic E-state index is 12.5. The summed E-state index contributed by atoms with van der Waals surface area (Å²) in [6.07, 6.45) is 0. The highest BCUT2D eigenvalue weighted by atomic mass is 16.6. The highest BCUT2D eigenvalue weighted by molar-refractivity contribution is 5.94. The summed E-state index contributed by atoms with van der Waals surface area (Å²) < 4.78 is 10.7. The van der Waals surface area contributed by atoms with E-state index in [2.05, 4.69) is 10.2 Å². The Morgan fingerprint density at radius 3 is 2.57 bits per heavy atom. The minimum atomic E-state index is -0.535. The maximum Gasteiger partial charge on any atom is 0.296 e. The molecule has 1 amide bonds. The lowest BCUT2D eigenvalue weighted by Crippen LogP contribution is -2.48. The fraction of sp³-hybridized carbons (Fsp3) is 0.381. The van der Waals surface area contributed by atoms with E-state index >= 15 is 0 Å². The van der Waals surface area contributed by atoms with Gasteiger partial charge in [0.05, 0.1) is 36.9 Å². The average molecular weight is 414 g/mol. The molecule has 0 unspecified atom stereocenters. The maximum atomic E-state index is 12.5. The number of benzene rings is 2.